The third-order valence-electron chi connectivity index (χ3n) is 2.91. The van der Waals surface area contributed by atoms with Gasteiger partial charge in [-0.15, -0.1) is 0 Å². The number of amides is 1. The Morgan fingerprint density at radius 3 is 2.71 bits per heavy atom. The molecule has 1 amide bonds. The zero-order valence-corrected chi connectivity index (χ0v) is 12.0. The van der Waals surface area contributed by atoms with Crippen LogP contribution in [-0.4, -0.2) is 16.0 Å². The van der Waals surface area contributed by atoms with Crippen molar-refractivity contribution < 1.29 is 14.6 Å². The number of hydrogen-bond acceptors (Lipinski definition) is 4. The van der Waals surface area contributed by atoms with Crippen molar-refractivity contribution >= 4 is 11.6 Å². The highest BCUT2D eigenvalue weighted by Gasteiger charge is 2.08. The normalized spacial score (nSPS) is 11.8. The van der Waals surface area contributed by atoms with Crippen molar-refractivity contribution in [2.45, 2.75) is 26.4 Å². The third kappa shape index (κ3) is 4.03. The van der Waals surface area contributed by atoms with Crippen molar-refractivity contribution in [2.75, 3.05) is 5.32 Å². The summed E-state index contributed by atoms with van der Waals surface area (Å²) in [6.07, 6.45) is 1.60. The highest BCUT2D eigenvalue weighted by Crippen LogP contribution is 2.29. The van der Waals surface area contributed by atoms with Gasteiger partial charge in [-0.05, 0) is 30.7 Å². The van der Waals surface area contributed by atoms with E-state index in [1.165, 1.54) is 6.92 Å². The Balaban J connectivity index is 2.16. The summed E-state index contributed by atoms with van der Waals surface area (Å²) in [4.78, 5) is 15.3. The van der Waals surface area contributed by atoms with Crippen molar-refractivity contribution in [2.24, 2.45) is 0 Å². The van der Waals surface area contributed by atoms with E-state index >= 15 is 0 Å². The molecule has 21 heavy (non-hydrogen) atoms. The second kappa shape index (κ2) is 6.85. The largest absolute Gasteiger partial charge is 0.454 e. The van der Waals surface area contributed by atoms with Gasteiger partial charge in [-0.3, -0.25) is 9.78 Å². The molecule has 0 radical (unpaired) electrons. The van der Waals surface area contributed by atoms with Crippen molar-refractivity contribution in [3.8, 4) is 11.5 Å². The van der Waals surface area contributed by atoms with Crippen LogP contribution in [0.15, 0.2) is 42.6 Å². The predicted molar refractivity (Wildman–Crippen MR) is 80.3 cm³/mol. The second-order valence-electron chi connectivity index (χ2n) is 4.62. The molecule has 5 heteroatoms. The Kier molecular flexibility index (Phi) is 4.90. The Morgan fingerprint density at radius 2 is 2.10 bits per heavy atom. The number of anilines is 1. The van der Waals surface area contributed by atoms with Crippen molar-refractivity contribution in [1.29, 1.82) is 0 Å². The number of nitrogens with zero attached hydrogens (tertiary/aromatic N) is 1. The highest BCUT2D eigenvalue weighted by molar-refractivity contribution is 5.90. The van der Waals surface area contributed by atoms with Gasteiger partial charge < -0.3 is 15.2 Å². The maximum atomic E-state index is 11.2. The maximum Gasteiger partial charge on any atom is 0.221 e. The quantitative estimate of drug-likeness (QED) is 0.884. The monoisotopic (exact) mass is 286 g/mol. The summed E-state index contributed by atoms with van der Waals surface area (Å²) in [6.45, 7) is 3.33. The van der Waals surface area contributed by atoms with Crippen molar-refractivity contribution in [1.82, 2.24) is 4.98 Å². The average molecular weight is 286 g/mol. The molecule has 5 nitrogen and oxygen atoms in total. The minimum absolute atomic E-state index is 0.161. The zero-order valence-electron chi connectivity index (χ0n) is 12.0. The molecule has 0 bridgehead atoms. The molecule has 0 spiro atoms. The van der Waals surface area contributed by atoms with Crippen molar-refractivity contribution in [3.63, 3.8) is 0 Å². The maximum absolute atomic E-state index is 11.2. The molecule has 2 N–H and O–H groups in total. The van der Waals surface area contributed by atoms with Crippen LogP contribution in [0.1, 0.15) is 32.1 Å². The Labute approximate surface area is 123 Å². The second-order valence-corrected chi connectivity index (χ2v) is 4.62. The van der Waals surface area contributed by atoms with Gasteiger partial charge in [-0.25, -0.2) is 0 Å². The number of para-hydroxylation sites is 2. The molecule has 0 saturated heterocycles. The van der Waals surface area contributed by atoms with Gasteiger partial charge >= 0.3 is 0 Å². The van der Waals surface area contributed by atoms with Crippen LogP contribution < -0.4 is 10.1 Å². The Morgan fingerprint density at radius 1 is 1.33 bits per heavy atom. The van der Waals surface area contributed by atoms with E-state index in [0.717, 1.165) is 0 Å². The summed E-state index contributed by atoms with van der Waals surface area (Å²) < 4.78 is 5.72. The number of aliphatic hydroxyl groups is 1. The Bertz CT molecular complexity index is 611. The van der Waals surface area contributed by atoms with E-state index in [9.17, 15) is 9.90 Å². The molecular weight excluding hydrogens is 268 g/mol. The Hall–Kier alpha value is -2.40. The fourth-order valence-electron chi connectivity index (χ4n) is 1.83. The number of aromatic nitrogens is 1. The van der Waals surface area contributed by atoms with Crippen LogP contribution in [-0.2, 0) is 4.79 Å². The van der Waals surface area contributed by atoms with Crippen LogP contribution in [0.25, 0.3) is 0 Å². The van der Waals surface area contributed by atoms with E-state index in [2.05, 4.69) is 10.3 Å². The lowest BCUT2D eigenvalue weighted by Crippen LogP contribution is -2.06. The number of nitrogens with one attached hydrogen (secondary N) is 1. The van der Waals surface area contributed by atoms with Gasteiger partial charge in [-0.1, -0.05) is 19.1 Å². The van der Waals surface area contributed by atoms with Crippen LogP contribution in [0.2, 0.25) is 0 Å². The standard InChI is InChI=1S/C16H18N2O3/c1-3-15(20)13-9-8-12(10-17-13)21-16-7-5-4-6-14(16)18-11(2)19/h4-10,15,20H,3H2,1-2H3,(H,18,19)/t15-/m1/s1. The first-order valence-electron chi connectivity index (χ1n) is 6.78. The summed E-state index contributed by atoms with van der Waals surface area (Å²) in [6, 6.07) is 10.6. The number of ether oxygens (including phenoxy) is 1. The van der Waals surface area contributed by atoms with Gasteiger partial charge in [-0.2, -0.15) is 0 Å². The van der Waals surface area contributed by atoms with E-state index in [1.807, 2.05) is 19.1 Å². The molecule has 1 aromatic heterocycles. The molecule has 0 fully saturated rings. The molecule has 2 aromatic rings. The molecule has 0 aliphatic rings. The smallest absolute Gasteiger partial charge is 0.221 e. The predicted octanol–water partition coefficient (Wildman–Crippen LogP) is 3.28. The molecule has 2 rings (SSSR count). The molecule has 0 unspecified atom stereocenters. The third-order valence-corrected chi connectivity index (χ3v) is 2.91. The minimum atomic E-state index is -0.564. The number of pyridine rings is 1. The molecule has 1 atom stereocenters. The molecular formula is C16H18N2O3. The van der Waals surface area contributed by atoms with Crippen LogP contribution in [0.3, 0.4) is 0 Å². The fourth-order valence-corrected chi connectivity index (χ4v) is 1.83. The minimum Gasteiger partial charge on any atom is -0.454 e. The summed E-state index contributed by atoms with van der Waals surface area (Å²) >= 11 is 0. The molecule has 1 heterocycles. The summed E-state index contributed by atoms with van der Waals surface area (Å²) in [5.41, 5.74) is 1.21. The topological polar surface area (TPSA) is 71.5 Å². The van der Waals surface area contributed by atoms with Crippen LogP contribution in [0, 0.1) is 0 Å². The first-order chi connectivity index (χ1) is 10.1. The lowest BCUT2D eigenvalue weighted by atomic mass is 10.2. The summed E-state index contributed by atoms with van der Waals surface area (Å²) in [5.74, 6) is 0.920. The molecule has 0 aliphatic heterocycles. The van der Waals surface area contributed by atoms with Gasteiger partial charge in [0.05, 0.1) is 23.7 Å². The van der Waals surface area contributed by atoms with Crippen LogP contribution in [0.4, 0.5) is 5.69 Å². The van der Waals surface area contributed by atoms with Gasteiger partial charge in [0.2, 0.25) is 5.91 Å². The summed E-state index contributed by atoms with van der Waals surface area (Å²) in [7, 11) is 0. The van der Waals surface area contributed by atoms with Gasteiger partial charge in [0.25, 0.3) is 0 Å². The first kappa shape index (κ1) is 15.0. The number of hydrogen-bond donors (Lipinski definition) is 2. The number of benzene rings is 1. The van der Waals surface area contributed by atoms with Gasteiger partial charge in [0, 0.05) is 6.92 Å². The summed E-state index contributed by atoms with van der Waals surface area (Å²) in [5, 5.41) is 12.4. The van der Waals surface area contributed by atoms with E-state index in [4.69, 9.17) is 4.74 Å². The van der Waals surface area contributed by atoms with Crippen LogP contribution >= 0.6 is 0 Å². The highest BCUT2D eigenvalue weighted by atomic mass is 16.5. The first-order valence-corrected chi connectivity index (χ1v) is 6.78. The zero-order chi connectivity index (χ0) is 15.2. The molecule has 0 aliphatic carbocycles. The van der Waals surface area contributed by atoms with Gasteiger partial charge in [0.1, 0.15) is 5.75 Å². The molecule has 110 valence electrons. The van der Waals surface area contributed by atoms with E-state index in [0.29, 0.717) is 29.3 Å². The molecule has 1 aromatic carbocycles. The van der Waals surface area contributed by atoms with Crippen LogP contribution in [0.5, 0.6) is 11.5 Å². The average Bonchev–Trinajstić information content (AvgIpc) is 2.49. The number of aliphatic hydroxyl groups excluding tert-OH is 1. The lowest BCUT2D eigenvalue weighted by Gasteiger charge is -2.12. The molecule has 0 saturated carbocycles. The van der Waals surface area contributed by atoms with E-state index in [-0.39, 0.29) is 5.91 Å². The fraction of sp³-hybridized carbons (Fsp3) is 0.250. The van der Waals surface area contributed by atoms with E-state index < -0.39 is 6.10 Å². The van der Waals surface area contributed by atoms with Gasteiger partial charge in [0.15, 0.2) is 5.75 Å². The SMILES string of the molecule is CC[C@@H](O)c1ccc(Oc2ccccc2NC(C)=O)cn1. The lowest BCUT2D eigenvalue weighted by molar-refractivity contribution is -0.114. The number of carbonyl (C=O) groups excluding carboxylic acids is 1. The van der Waals surface area contributed by atoms with E-state index in [1.54, 1.807) is 30.5 Å². The van der Waals surface area contributed by atoms with Crippen molar-refractivity contribution in [3.05, 3.63) is 48.3 Å². The number of carbonyl (C=O) groups is 1. The number of rotatable bonds is 5.